The number of ether oxygens (including phenoxy) is 1. The monoisotopic (exact) mass is 259 g/mol. The second kappa shape index (κ2) is 7.96. The molecule has 0 heterocycles. The van der Waals surface area contributed by atoms with Crippen LogP contribution < -0.4 is 5.32 Å². The number of methoxy groups -OCH3 is 1. The Kier molecular flexibility index (Phi) is 6.88. The second-order valence-electron chi connectivity index (χ2n) is 3.58. The molecule has 0 spiro atoms. The molecule has 1 N–H and O–H groups in total. The van der Waals surface area contributed by atoms with Gasteiger partial charge in [0.2, 0.25) is 0 Å². The highest BCUT2D eigenvalue weighted by Crippen LogP contribution is 2.25. The summed E-state index contributed by atoms with van der Waals surface area (Å²) in [6.07, 6.45) is 0. The Morgan fingerprint density at radius 2 is 2.31 bits per heavy atom. The highest BCUT2D eigenvalue weighted by Gasteiger charge is 2.04. The topological polar surface area (TPSA) is 21.3 Å². The van der Waals surface area contributed by atoms with Gasteiger partial charge in [-0.3, -0.25) is 0 Å². The lowest BCUT2D eigenvalue weighted by Gasteiger charge is -2.12. The van der Waals surface area contributed by atoms with Gasteiger partial charge in [-0.15, -0.1) is 11.8 Å². The maximum absolute atomic E-state index is 5.93. The molecular formula is C12H18ClNOS. The van der Waals surface area contributed by atoms with Crippen molar-refractivity contribution in [2.45, 2.75) is 17.1 Å². The quantitative estimate of drug-likeness (QED) is 0.601. The van der Waals surface area contributed by atoms with Gasteiger partial charge >= 0.3 is 0 Å². The van der Waals surface area contributed by atoms with Gasteiger partial charge in [0.25, 0.3) is 0 Å². The number of hydrogen-bond donors (Lipinski definition) is 1. The van der Waals surface area contributed by atoms with Crippen molar-refractivity contribution in [1.82, 2.24) is 5.32 Å². The molecule has 0 bridgehead atoms. The Morgan fingerprint density at radius 1 is 1.50 bits per heavy atom. The molecule has 0 aliphatic rings. The van der Waals surface area contributed by atoms with Crippen molar-refractivity contribution in [3.8, 4) is 0 Å². The number of halogens is 1. The first-order valence-electron chi connectivity index (χ1n) is 5.34. The Morgan fingerprint density at radius 3 is 3.00 bits per heavy atom. The molecule has 2 nitrogen and oxygen atoms in total. The van der Waals surface area contributed by atoms with Crippen LogP contribution in [0.5, 0.6) is 0 Å². The van der Waals surface area contributed by atoms with E-state index in [1.165, 1.54) is 4.90 Å². The van der Waals surface area contributed by atoms with Crippen molar-refractivity contribution in [3.05, 3.63) is 29.3 Å². The van der Waals surface area contributed by atoms with Crippen LogP contribution in [0.25, 0.3) is 0 Å². The van der Waals surface area contributed by atoms with Crippen molar-refractivity contribution in [2.75, 3.05) is 26.8 Å². The van der Waals surface area contributed by atoms with Crippen molar-refractivity contribution >= 4 is 23.4 Å². The van der Waals surface area contributed by atoms with E-state index in [0.29, 0.717) is 5.25 Å². The summed E-state index contributed by atoms with van der Waals surface area (Å²) < 4.78 is 4.97. The summed E-state index contributed by atoms with van der Waals surface area (Å²) in [5, 5.41) is 4.66. The summed E-state index contributed by atoms with van der Waals surface area (Å²) in [5.41, 5.74) is 0. The lowest BCUT2D eigenvalue weighted by atomic mass is 10.4. The Hall–Kier alpha value is -0.220. The third-order valence-corrected chi connectivity index (χ3v) is 3.38. The number of hydrogen-bond acceptors (Lipinski definition) is 3. The fourth-order valence-electron chi connectivity index (χ4n) is 1.29. The van der Waals surface area contributed by atoms with Crippen molar-refractivity contribution in [1.29, 1.82) is 0 Å². The van der Waals surface area contributed by atoms with Crippen LogP contribution in [-0.4, -0.2) is 32.1 Å². The van der Waals surface area contributed by atoms with E-state index < -0.39 is 0 Å². The minimum absolute atomic E-state index is 0.523. The van der Waals surface area contributed by atoms with E-state index in [-0.39, 0.29) is 0 Å². The molecule has 0 saturated heterocycles. The zero-order valence-electron chi connectivity index (χ0n) is 9.70. The predicted octanol–water partition coefficient (Wildman–Crippen LogP) is 3.06. The molecule has 1 aromatic carbocycles. The van der Waals surface area contributed by atoms with Crippen LogP contribution in [0.15, 0.2) is 29.2 Å². The van der Waals surface area contributed by atoms with E-state index in [1.807, 2.05) is 30.0 Å². The van der Waals surface area contributed by atoms with Crippen LogP contribution in [0.2, 0.25) is 5.02 Å². The van der Waals surface area contributed by atoms with Gasteiger partial charge in [-0.25, -0.2) is 0 Å². The molecular weight excluding hydrogens is 242 g/mol. The molecule has 0 aliphatic carbocycles. The Balaban J connectivity index is 2.25. The van der Waals surface area contributed by atoms with Crippen LogP contribution in [0.4, 0.5) is 0 Å². The van der Waals surface area contributed by atoms with Gasteiger partial charge in [0.05, 0.1) is 6.61 Å². The van der Waals surface area contributed by atoms with Crippen LogP contribution in [0.3, 0.4) is 0 Å². The molecule has 0 radical (unpaired) electrons. The molecule has 16 heavy (non-hydrogen) atoms. The maximum atomic E-state index is 5.93. The summed E-state index contributed by atoms with van der Waals surface area (Å²) in [7, 11) is 1.71. The number of thioether (sulfide) groups is 1. The van der Waals surface area contributed by atoms with Gasteiger partial charge in [-0.05, 0) is 18.2 Å². The highest BCUT2D eigenvalue weighted by atomic mass is 35.5. The van der Waals surface area contributed by atoms with E-state index in [1.54, 1.807) is 7.11 Å². The van der Waals surface area contributed by atoms with Crippen LogP contribution in [0, 0.1) is 0 Å². The lowest BCUT2D eigenvalue weighted by Crippen LogP contribution is -2.26. The van der Waals surface area contributed by atoms with Gasteiger partial charge in [-0.2, -0.15) is 0 Å². The normalized spacial score (nSPS) is 12.7. The first kappa shape index (κ1) is 13.8. The van der Waals surface area contributed by atoms with Crippen LogP contribution >= 0.6 is 23.4 Å². The SMILES string of the molecule is COCCNCC(C)Sc1cccc(Cl)c1. The van der Waals surface area contributed by atoms with E-state index >= 15 is 0 Å². The fraction of sp³-hybridized carbons (Fsp3) is 0.500. The molecule has 0 aromatic heterocycles. The van der Waals surface area contributed by atoms with Crippen LogP contribution in [0.1, 0.15) is 6.92 Å². The van der Waals surface area contributed by atoms with E-state index in [2.05, 4.69) is 18.3 Å². The first-order chi connectivity index (χ1) is 7.72. The lowest BCUT2D eigenvalue weighted by molar-refractivity contribution is 0.199. The Bertz CT molecular complexity index is 309. The summed E-state index contributed by atoms with van der Waals surface area (Å²) in [4.78, 5) is 1.22. The third kappa shape index (κ3) is 5.75. The van der Waals surface area contributed by atoms with E-state index in [9.17, 15) is 0 Å². The maximum Gasteiger partial charge on any atom is 0.0587 e. The molecule has 0 saturated carbocycles. The molecule has 1 rings (SSSR count). The Labute approximate surface area is 107 Å². The first-order valence-corrected chi connectivity index (χ1v) is 6.60. The summed E-state index contributed by atoms with van der Waals surface area (Å²) in [6, 6.07) is 7.96. The van der Waals surface area contributed by atoms with Gasteiger partial charge < -0.3 is 10.1 Å². The number of rotatable bonds is 7. The summed E-state index contributed by atoms with van der Waals surface area (Å²) >= 11 is 7.76. The van der Waals surface area contributed by atoms with E-state index in [0.717, 1.165) is 24.7 Å². The molecule has 1 aromatic rings. The largest absolute Gasteiger partial charge is 0.383 e. The average molecular weight is 260 g/mol. The molecule has 0 aliphatic heterocycles. The molecule has 0 fully saturated rings. The van der Waals surface area contributed by atoms with Crippen molar-refractivity contribution in [3.63, 3.8) is 0 Å². The predicted molar refractivity (Wildman–Crippen MR) is 71.5 cm³/mol. The van der Waals surface area contributed by atoms with E-state index in [4.69, 9.17) is 16.3 Å². The summed E-state index contributed by atoms with van der Waals surface area (Å²) in [5.74, 6) is 0. The second-order valence-corrected chi connectivity index (χ2v) is 5.53. The minimum atomic E-state index is 0.523. The average Bonchev–Trinajstić information content (AvgIpc) is 2.24. The zero-order valence-corrected chi connectivity index (χ0v) is 11.3. The fourth-order valence-corrected chi connectivity index (χ4v) is 2.57. The minimum Gasteiger partial charge on any atom is -0.383 e. The molecule has 0 amide bonds. The number of benzene rings is 1. The van der Waals surface area contributed by atoms with Gasteiger partial charge in [0, 0.05) is 35.4 Å². The van der Waals surface area contributed by atoms with Gasteiger partial charge in [0.1, 0.15) is 0 Å². The summed E-state index contributed by atoms with van der Waals surface area (Å²) in [6.45, 7) is 4.83. The highest BCUT2D eigenvalue weighted by molar-refractivity contribution is 8.00. The van der Waals surface area contributed by atoms with Gasteiger partial charge in [-0.1, -0.05) is 24.6 Å². The molecule has 1 unspecified atom stereocenters. The molecule has 4 heteroatoms. The third-order valence-electron chi connectivity index (χ3n) is 2.05. The van der Waals surface area contributed by atoms with Crippen LogP contribution in [-0.2, 0) is 4.74 Å². The molecule has 90 valence electrons. The van der Waals surface area contributed by atoms with Crippen molar-refractivity contribution in [2.24, 2.45) is 0 Å². The zero-order chi connectivity index (χ0) is 11.8. The van der Waals surface area contributed by atoms with Gasteiger partial charge in [0.15, 0.2) is 0 Å². The standard InChI is InChI=1S/C12H18ClNOS/c1-10(9-14-6-7-15-2)16-12-5-3-4-11(13)8-12/h3-5,8,10,14H,6-7,9H2,1-2H3. The number of nitrogens with one attached hydrogen (secondary N) is 1. The molecule has 1 atom stereocenters. The smallest absolute Gasteiger partial charge is 0.0587 e. The van der Waals surface area contributed by atoms with Crippen molar-refractivity contribution < 1.29 is 4.74 Å².